The maximum atomic E-state index is 12.6. The fraction of sp³-hybridized carbons (Fsp3) is 0.433. The van der Waals surface area contributed by atoms with Crippen LogP contribution in [0.3, 0.4) is 0 Å². The lowest BCUT2D eigenvalue weighted by Gasteiger charge is -2.37. The Hall–Kier alpha value is -3.90. The fourth-order valence-electron chi connectivity index (χ4n) is 5.05. The summed E-state index contributed by atoms with van der Waals surface area (Å²) in [5.74, 6) is -0.0560. The molecule has 0 radical (unpaired) electrons. The number of hydrogen-bond acceptors (Lipinski definition) is 9. The molecule has 2 aromatic carbocycles. The van der Waals surface area contributed by atoms with Gasteiger partial charge in [-0.1, -0.05) is 31.2 Å². The zero-order valence-electron chi connectivity index (χ0n) is 24.4. The Morgan fingerprint density at radius 3 is 2.43 bits per heavy atom. The molecule has 12 heteroatoms. The molecular weight excluding hydrogens is 556 g/mol. The van der Waals surface area contributed by atoms with E-state index in [2.05, 4.69) is 55.3 Å². The molecule has 1 fully saturated rings. The van der Waals surface area contributed by atoms with E-state index >= 15 is 0 Å². The molecule has 11 nitrogen and oxygen atoms in total. The van der Waals surface area contributed by atoms with Crippen molar-refractivity contribution in [3.8, 4) is 6.01 Å². The quantitative estimate of drug-likeness (QED) is 0.254. The highest BCUT2D eigenvalue weighted by Crippen LogP contribution is 2.35. The molecule has 0 spiro atoms. The number of nitrogens with one attached hydrogen (secondary N) is 3. The maximum absolute atomic E-state index is 12.6. The molecule has 4 rings (SSSR count). The lowest BCUT2D eigenvalue weighted by molar-refractivity contribution is 0.0846. The lowest BCUT2D eigenvalue weighted by Crippen LogP contribution is -2.41. The Labute approximate surface area is 248 Å². The van der Waals surface area contributed by atoms with Crippen LogP contribution in [0.5, 0.6) is 6.01 Å². The van der Waals surface area contributed by atoms with Crippen LogP contribution in [-0.4, -0.2) is 63.4 Å². The van der Waals surface area contributed by atoms with Gasteiger partial charge in [0.25, 0.3) is 10.0 Å². The molecular formula is C30H40N6O5S. The lowest BCUT2D eigenvalue weighted by atomic mass is 9.94. The molecule has 0 bridgehead atoms. The number of urea groups is 1. The van der Waals surface area contributed by atoms with E-state index in [1.807, 2.05) is 13.8 Å². The zero-order valence-corrected chi connectivity index (χ0v) is 25.2. The number of aromatic nitrogens is 2. The number of sulfonamides is 1. The van der Waals surface area contributed by atoms with Crippen LogP contribution >= 0.6 is 0 Å². The van der Waals surface area contributed by atoms with E-state index in [-0.39, 0.29) is 17.4 Å². The monoisotopic (exact) mass is 596 g/mol. The minimum atomic E-state index is -3.96. The highest BCUT2D eigenvalue weighted by Gasteiger charge is 2.24. The van der Waals surface area contributed by atoms with Crippen molar-refractivity contribution < 1.29 is 22.7 Å². The summed E-state index contributed by atoms with van der Waals surface area (Å²) >= 11 is 0. The summed E-state index contributed by atoms with van der Waals surface area (Å²) < 4.78 is 38.2. The first-order valence-corrected chi connectivity index (χ1v) is 15.9. The number of rotatable bonds is 13. The first-order chi connectivity index (χ1) is 20.3. The van der Waals surface area contributed by atoms with Gasteiger partial charge in [-0.3, -0.25) is 0 Å². The molecule has 3 aromatic rings. The molecule has 1 saturated heterocycles. The molecule has 1 aliphatic heterocycles. The third-order valence-electron chi connectivity index (χ3n) is 7.24. The van der Waals surface area contributed by atoms with Crippen molar-refractivity contribution >= 4 is 33.1 Å². The van der Waals surface area contributed by atoms with Crippen LogP contribution in [0.4, 0.5) is 21.9 Å². The van der Waals surface area contributed by atoms with Gasteiger partial charge in [0.2, 0.25) is 0 Å². The van der Waals surface area contributed by atoms with Crippen LogP contribution in [0.25, 0.3) is 0 Å². The van der Waals surface area contributed by atoms with Crippen LogP contribution in [0.2, 0.25) is 0 Å². The van der Waals surface area contributed by atoms with Gasteiger partial charge in [0.05, 0.1) is 41.0 Å². The zero-order chi connectivity index (χ0) is 30.0. The fourth-order valence-corrected chi connectivity index (χ4v) is 6.00. The Kier molecular flexibility index (Phi) is 11.0. The first kappa shape index (κ1) is 31.0. The van der Waals surface area contributed by atoms with Crippen LogP contribution in [0, 0.1) is 0 Å². The van der Waals surface area contributed by atoms with E-state index in [0.717, 1.165) is 61.6 Å². The van der Waals surface area contributed by atoms with Gasteiger partial charge in [-0.2, -0.15) is 0 Å². The van der Waals surface area contributed by atoms with Gasteiger partial charge in [0, 0.05) is 38.3 Å². The number of carbonyl (C=O) groups is 1. The topological polar surface area (TPSA) is 135 Å². The van der Waals surface area contributed by atoms with E-state index < -0.39 is 16.1 Å². The molecule has 3 N–H and O–H groups in total. The molecule has 1 aromatic heterocycles. The normalized spacial score (nSPS) is 14.5. The summed E-state index contributed by atoms with van der Waals surface area (Å²) in [6.45, 7) is 9.11. The number of amides is 2. The largest absolute Gasteiger partial charge is 0.464 e. The summed E-state index contributed by atoms with van der Waals surface area (Å²) in [5, 5.41) is 6.23. The molecule has 226 valence electrons. The SMILES string of the molecule is CCOc1ncc(Nc2cc([C@H](CC)CNC(=O)NS(=O)(=O)c3ccccc3)ccc2N(CC)C2CCOCC2)cn1. The number of anilines is 3. The highest BCUT2D eigenvalue weighted by atomic mass is 32.2. The van der Waals surface area contributed by atoms with Crippen molar-refractivity contribution in [2.75, 3.05) is 43.1 Å². The summed E-state index contributed by atoms with van der Waals surface area (Å²) in [6, 6.07) is 14.0. The number of carbonyl (C=O) groups excluding carboxylic acids is 1. The van der Waals surface area contributed by atoms with E-state index in [9.17, 15) is 13.2 Å². The predicted molar refractivity (Wildman–Crippen MR) is 163 cm³/mol. The Morgan fingerprint density at radius 2 is 1.79 bits per heavy atom. The molecule has 1 aliphatic rings. The van der Waals surface area contributed by atoms with Crippen molar-refractivity contribution in [1.82, 2.24) is 20.0 Å². The second-order valence-electron chi connectivity index (χ2n) is 9.95. The van der Waals surface area contributed by atoms with Crippen molar-refractivity contribution in [3.05, 3.63) is 66.5 Å². The van der Waals surface area contributed by atoms with Crippen molar-refractivity contribution in [2.45, 2.75) is 56.9 Å². The molecule has 0 unspecified atom stereocenters. The molecule has 1 atom stereocenters. The van der Waals surface area contributed by atoms with Crippen LogP contribution < -0.4 is 25.0 Å². The maximum Gasteiger partial charge on any atom is 0.328 e. The summed E-state index contributed by atoms with van der Waals surface area (Å²) in [7, 11) is -3.96. The van der Waals surface area contributed by atoms with Gasteiger partial charge in [0.1, 0.15) is 0 Å². The minimum absolute atomic E-state index is 0.0294. The summed E-state index contributed by atoms with van der Waals surface area (Å²) in [6.07, 6.45) is 6.01. The number of benzene rings is 2. The summed E-state index contributed by atoms with van der Waals surface area (Å²) in [5.41, 5.74) is 3.67. The number of nitrogens with zero attached hydrogens (tertiary/aromatic N) is 3. The number of hydrogen-bond donors (Lipinski definition) is 3. The average Bonchev–Trinajstić information content (AvgIpc) is 3.00. The van der Waals surface area contributed by atoms with Crippen LogP contribution in [0.15, 0.2) is 65.8 Å². The van der Waals surface area contributed by atoms with Gasteiger partial charge in [-0.25, -0.2) is 27.9 Å². The third kappa shape index (κ3) is 8.10. The van der Waals surface area contributed by atoms with Gasteiger partial charge < -0.3 is 25.0 Å². The molecule has 2 heterocycles. The smallest absolute Gasteiger partial charge is 0.328 e. The Morgan fingerprint density at radius 1 is 1.07 bits per heavy atom. The third-order valence-corrected chi connectivity index (χ3v) is 8.58. The van der Waals surface area contributed by atoms with Crippen LogP contribution in [0.1, 0.15) is 51.5 Å². The van der Waals surface area contributed by atoms with Crippen molar-refractivity contribution in [3.63, 3.8) is 0 Å². The molecule has 0 aliphatic carbocycles. The summed E-state index contributed by atoms with van der Waals surface area (Å²) in [4.78, 5) is 23.6. The second-order valence-corrected chi connectivity index (χ2v) is 11.6. The van der Waals surface area contributed by atoms with Crippen LogP contribution in [-0.2, 0) is 14.8 Å². The molecule has 42 heavy (non-hydrogen) atoms. The highest BCUT2D eigenvalue weighted by molar-refractivity contribution is 7.90. The minimum Gasteiger partial charge on any atom is -0.464 e. The standard InChI is InChI=1S/C30H40N6O5S/c1-4-22(19-31-29(37)35-42(38,39)26-10-8-7-9-11-26)23-12-13-28(36(5-2)25-14-16-40-17-15-25)27(18-23)34-24-20-32-30(33-21-24)41-6-3/h7-13,18,20-22,25,34H,4-6,14-17,19H2,1-3H3,(H2,31,35,37)/t22-/m1/s1. The molecule has 0 saturated carbocycles. The predicted octanol–water partition coefficient (Wildman–Crippen LogP) is 4.81. The van der Waals surface area contributed by atoms with Gasteiger partial charge >= 0.3 is 12.0 Å². The van der Waals surface area contributed by atoms with E-state index in [4.69, 9.17) is 9.47 Å². The Balaban J connectivity index is 1.55. The van der Waals surface area contributed by atoms with Crippen molar-refractivity contribution in [2.24, 2.45) is 0 Å². The average molecular weight is 597 g/mol. The van der Waals surface area contributed by atoms with Gasteiger partial charge in [-0.15, -0.1) is 0 Å². The number of ether oxygens (including phenoxy) is 2. The van der Waals surface area contributed by atoms with E-state index in [1.54, 1.807) is 30.6 Å². The van der Waals surface area contributed by atoms with E-state index in [0.29, 0.717) is 18.7 Å². The molecule has 2 amide bonds. The second kappa shape index (κ2) is 14.8. The Bertz CT molecular complexity index is 1400. The van der Waals surface area contributed by atoms with Gasteiger partial charge in [-0.05, 0) is 62.9 Å². The van der Waals surface area contributed by atoms with Gasteiger partial charge in [0.15, 0.2) is 0 Å². The van der Waals surface area contributed by atoms with E-state index in [1.165, 1.54) is 12.1 Å². The van der Waals surface area contributed by atoms with Crippen molar-refractivity contribution in [1.29, 1.82) is 0 Å². The first-order valence-electron chi connectivity index (χ1n) is 14.4.